The zero-order valence-corrected chi connectivity index (χ0v) is 23.1. The van der Waals surface area contributed by atoms with Crippen molar-refractivity contribution in [2.75, 3.05) is 36.4 Å². The minimum Gasteiger partial charge on any atom is -0.438 e. The number of benzene rings is 2. The van der Waals surface area contributed by atoms with Crippen LogP contribution < -0.4 is 15.0 Å². The summed E-state index contributed by atoms with van der Waals surface area (Å²) < 4.78 is 32.8. The predicted octanol–water partition coefficient (Wildman–Crippen LogP) is 4.65. The number of anilines is 3. The van der Waals surface area contributed by atoms with E-state index in [1.54, 1.807) is 28.7 Å². The van der Waals surface area contributed by atoms with E-state index in [0.717, 1.165) is 35.2 Å². The number of piperazine rings is 1. The fourth-order valence-corrected chi connectivity index (χ4v) is 6.63. The molecule has 3 aromatic rings. The van der Waals surface area contributed by atoms with Gasteiger partial charge >= 0.3 is 0 Å². The minimum atomic E-state index is -3.19. The first-order valence-corrected chi connectivity index (χ1v) is 14.5. The highest BCUT2D eigenvalue weighted by molar-refractivity contribution is 7.90. The molecule has 11 heteroatoms. The summed E-state index contributed by atoms with van der Waals surface area (Å²) >= 11 is 0. The normalized spacial score (nSPS) is 15.9. The van der Waals surface area contributed by atoms with Crippen LogP contribution in [0.2, 0.25) is 0 Å². The van der Waals surface area contributed by atoms with Crippen LogP contribution in [0.25, 0.3) is 6.08 Å². The van der Waals surface area contributed by atoms with Gasteiger partial charge < -0.3 is 15.0 Å². The Morgan fingerprint density at radius 1 is 1.05 bits per heavy atom. The van der Waals surface area contributed by atoms with Crippen LogP contribution in [0.15, 0.2) is 48.7 Å². The van der Waals surface area contributed by atoms with Crippen LogP contribution in [0.3, 0.4) is 0 Å². The molecule has 2 heterocycles. The Morgan fingerprint density at radius 2 is 1.77 bits per heavy atom. The second-order valence-electron chi connectivity index (χ2n) is 9.87. The van der Waals surface area contributed by atoms with Gasteiger partial charge in [-0.2, -0.15) is 19.8 Å². The lowest BCUT2D eigenvalue weighted by Crippen LogP contribution is -2.49. The van der Waals surface area contributed by atoms with Crippen molar-refractivity contribution < 1.29 is 13.2 Å². The van der Waals surface area contributed by atoms with Gasteiger partial charge in [-0.3, -0.25) is 0 Å². The van der Waals surface area contributed by atoms with E-state index in [1.807, 2.05) is 44.2 Å². The molecule has 1 aliphatic carbocycles. The number of sulfonamides is 1. The van der Waals surface area contributed by atoms with E-state index >= 15 is 0 Å². The van der Waals surface area contributed by atoms with Gasteiger partial charge in [-0.15, -0.1) is 0 Å². The second-order valence-corrected chi connectivity index (χ2v) is 12.1. The molecule has 1 aliphatic heterocycles. The average molecular weight is 556 g/mol. The first-order valence-electron chi connectivity index (χ1n) is 13.0. The molecule has 0 unspecified atom stereocenters. The van der Waals surface area contributed by atoms with Gasteiger partial charge in [-0.05, 0) is 79.8 Å². The van der Waals surface area contributed by atoms with Crippen molar-refractivity contribution in [2.45, 2.75) is 31.9 Å². The fraction of sp³-hybridized carbons (Fsp3) is 0.310. The molecule has 2 aromatic carbocycles. The molecule has 204 valence electrons. The van der Waals surface area contributed by atoms with Gasteiger partial charge in [-0.1, -0.05) is 0 Å². The first-order chi connectivity index (χ1) is 19.3. The Morgan fingerprint density at radius 3 is 2.42 bits per heavy atom. The summed E-state index contributed by atoms with van der Waals surface area (Å²) in [4.78, 5) is 10.8. The maximum Gasteiger partial charge on any atom is 0.230 e. The molecule has 2 fully saturated rings. The highest BCUT2D eigenvalue weighted by Crippen LogP contribution is 2.33. The first kappa shape index (κ1) is 27.1. The van der Waals surface area contributed by atoms with Gasteiger partial charge in [0.15, 0.2) is 0 Å². The molecule has 10 nitrogen and oxygen atoms in total. The average Bonchev–Trinajstić information content (AvgIpc) is 3.81. The zero-order chi connectivity index (χ0) is 28.3. The third-order valence-electron chi connectivity index (χ3n) is 6.93. The SMILES string of the molecule is Cc1cc(C=CC#N)cc(C)c1Oc1ccnc(Nc2ccc(N3CCN(S(=O)(=O)C4CC4)CC3)c(C#N)c2)n1. The summed E-state index contributed by atoms with van der Waals surface area (Å²) in [5, 5.41) is 21.6. The van der Waals surface area contributed by atoms with E-state index in [2.05, 4.69) is 26.3 Å². The van der Waals surface area contributed by atoms with Crippen molar-refractivity contribution in [1.82, 2.24) is 14.3 Å². The number of aromatic nitrogens is 2. The number of nitrogens with one attached hydrogen (secondary N) is 1. The van der Waals surface area contributed by atoms with E-state index < -0.39 is 10.0 Å². The Hall–Kier alpha value is -4.45. The third kappa shape index (κ3) is 5.91. The predicted molar refractivity (Wildman–Crippen MR) is 153 cm³/mol. The summed E-state index contributed by atoms with van der Waals surface area (Å²) in [6, 6.07) is 15.2. The maximum absolute atomic E-state index is 12.6. The minimum absolute atomic E-state index is 0.212. The standard InChI is InChI=1S/C29H29N7O3S/c1-20-16-22(4-3-10-30)17-21(2)28(20)39-27-9-11-32-29(34-27)33-24-5-8-26(23(18-24)19-31)35-12-14-36(15-13-35)40(37,38)25-6-7-25/h3-5,8-9,11,16-18,25H,6-7,12-15H2,1-2H3,(H,32,33,34). The number of nitriles is 2. The molecule has 0 amide bonds. The molecule has 0 radical (unpaired) electrons. The molecule has 5 rings (SSSR count). The number of hydrogen-bond acceptors (Lipinski definition) is 9. The second kappa shape index (κ2) is 11.3. The quantitative estimate of drug-likeness (QED) is 0.394. The summed E-state index contributed by atoms with van der Waals surface area (Å²) in [5.74, 6) is 1.36. The van der Waals surface area contributed by atoms with Crippen LogP contribution in [0.1, 0.15) is 35.1 Å². The van der Waals surface area contributed by atoms with Gasteiger partial charge in [0.05, 0.1) is 22.6 Å². The molecule has 0 bridgehead atoms. The van der Waals surface area contributed by atoms with E-state index in [9.17, 15) is 13.7 Å². The van der Waals surface area contributed by atoms with Gasteiger partial charge in [0.2, 0.25) is 21.9 Å². The molecular formula is C29H29N7O3S. The molecular weight excluding hydrogens is 526 g/mol. The van der Waals surface area contributed by atoms with E-state index in [4.69, 9.17) is 10.00 Å². The fourth-order valence-electron chi connectivity index (χ4n) is 4.81. The number of hydrogen-bond donors (Lipinski definition) is 1. The Bertz CT molecular complexity index is 1620. The highest BCUT2D eigenvalue weighted by atomic mass is 32.2. The topological polar surface area (TPSA) is 135 Å². The molecule has 0 atom stereocenters. The summed E-state index contributed by atoms with van der Waals surface area (Å²) in [6.07, 6.45) is 6.28. The highest BCUT2D eigenvalue weighted by Gasteiger charge is 2.41. The summed E-state index contributed by atoms with van der Waals surface area (Å²) in [6.45, 7) is 5.77. The number of aryl methyl sites for hydroxylation is 2. The molecule has 40 heavy (non-hydrogen) atoms. The zero-order valence-electron chi connectivity index (χ0n) is 22.3. The molecule has 0 spiro atoms. The monoisotopic (exact) mass is 555 g/mol. The molecule has 1 aromatic heterocycles. The van der Waals surface area contributed by atoms with Crippen LogP contribution in [0.4, 0.5) is 17.3 Å². The Balaban J connectivity index is 1.27. The smallest absolute Gasteiger partial charge is 0.230 e. The third-order valence-corrected chi connectivity index (χ3v) is 9.33. The van der Waals surface area contributed by atoms with Crippen LogP contribution >= 0.6 is 0 Å². The summed E-state index contributed by atoms with van der Waals surface area (Å²) in [5.41, 5.74) is 4.63. The van der Waals surface area contributed by atoms with Crippen LogP contribution in [0.5, 0.6) is 11.6 Å². The lowest BCUT2D eigenvalue weighted by molar-refractivity contribution is 0.384. The van der Waals surface area contributed by atoms with Gasteiger partial charge in [0.25, 0.3) is 0 Å². The van der Waals surface area contributed by atoms with E-state index in [1.165, 1.54) is 6.08 Å². The lowest BCUT2D eigenvalue weighted by Gasteiger charge is -2.35. The number of ether oxygens (including phenoxy) is 1. The van der Waals surface area contributed by atoms with E-state index in [0.29, 0.717) is 55.0 Å². The van der Waals surface area contributed by atoms with Gasteiger partial charge in [0, 0.05) is 50.2 Å². The van der Waals surface area contributed by atoms with Crippen molar-refractivity contribution in [3.05, 3.63) is 70.9 Å². The molecule has 1 N–H and O–H groups in total. The molecule has 1 saturated carbocycles. The van der Waals surface area contributed by atoms with Crippen LogP contribution in [0, 0.1) is 36.5 Å². The summed E-state index contributed by atoms with van der Waals surface area (Å²) in [7, 11) is -3.19. The van der Waals surface area contributed by atoms with Gasteiger partial charge in [0.1, 0.15) is 11.8 Å². The molecule has 1 saturated heterocycles. The van der Waals surface area contributed by atoms with Crippen LogP contribution in [-0.2, 0) is 10.0 Å². The number of allylic oxidation sites excluding steroid dienone is 1. The molecule has 2 aliphatic rings. The largest absolute Gasteiger partial charge is 0.438 e. The van der Waals surface area contributed by atoms with Crippen molar-refractivity contribution in [1.29, 1.82) is 10.5 Å². The van der Waals surface area contributed by atoms with E-state index in [-0.39, 0.29) is 5.25 Å². The Labute approximate surface area is 234 Å². The van der Waals surface area contributed by atoms with Crippen molar-refractivity contribution in [3.63, 3.8) is 0 Å². The Kier molecular flexibility index (Phi) is 7.69. The van der Waals surface area contributed by atoms with Crippen molar-refractivity contribution >= 4 is 33.4 Å². The van der Waals surface area contributed by atoms with Gasteiger partial charge in [-0.25, -0.2) is 13.4 Å². The van der Waals surface area contributed by atoms with Crippen molar-refractivity contribution in [3.8, 4) is 23.8 Å². The number of rotatable bonds is 8. The van der Waals surface area contributed by atoms with Crippen molar-refractivity contribution in [2.24, 2.45) is 0 Å². The van der Waals surface area contributed by atoms with Crippen LogP contribution in [-0.4, -0.2) is 54.1 Å². The lowest BCUT2D eigenvalue weighted by atomic mass is 10.1. The number of nitrogens with zero attached hydrogens (tertiary/aromatic N) is 6. The maximum atomic E-state index is 12.6.